The molecule has 2 aromatic rings. The fourth-order valence-electron chi connectivity index (χ4n) is 1.60. The van der Waals surface area contributed by atoms with E-state index in [9.17, 15) is 17.3 Å². The van der Waals surface area contributed by atoms with Crippen molar-refractivity contribution >= 4 is 12.4 Å². The van der Waals surface area contributed by atoms with E-state index in [4.69, 9.17) is 4.74 Å². The first-order valence-electron chi connectivity index (χ1n) is 5.62. The molecule has 0 heterocycles. The third kappa shape index (κ3) is 5.22. The molecule has 0 aliphatic carbocycles. The summed E-state index contributed by atoms with van der Waals surface area (Å²) in [5.74, 6) is -0.297. The first-order valence-corrected chi connectivity index (χ1v) is 5.62. The van der Waals surface area contributed by atoms with Gasteiger partial charge >= 0.3 is 58.4 Å². The Morgan fingerprint density at radius 1 is 0.950 bits per heavy atom. The Hall–Kier alpha value is -0.339. The molecule has 20 heavy (non-hydrogen) atoms. The second-order valence-corrected chi connectivity index (χ2v) is 4.07. The van der Waals surface area contributed by atoms with Crippen molar-refractivity contribution in [2.24, 2.45) is 0 Å². The van der Waals surface area contributed by atoms with Gasteiger partial charge in [-0.25, -0.2) is 4.39 Å². The molecule has 0 N–H and O–H groups in total. The van der Waals surface area contributed by atoms with Crippen molar-refractivity contribution in [2.45, 2.75) is 6.61 Å². The average molecular weight is 308 g/mol. The normalized spacial score (nSPS) is 10.8. The molecule has 7 heteroatoms. The number of ether oxygens (including phenoxy) is 1. The molecule has 0 saturated carbocycles. The van der Waals surface area contributed by atoms with Gasteiger partial charge in [-0.2, -0.15) is 0 Å². The summed E-state index contributed by atoms with van der Waals surface area (Å²) in [7, 11) is 0. The van der Waals surface area contributed by atoms with Crippen molar-refractivity contribution in [3.63, 3.8) is 0 Å². The van der Waals surface area contributed by atoms with E-state index < -0.39 is 18.3 Å². The van der Waals surface area contributed by atoms with Crippen LogP contribution in [0.2, 0.25) is 0 Å². The topological polar surface area (TPSA) is 9.23 Å². The monoisotopic (exact) mass is 308 g/mol. The third-order valence-electron chi connectivity index (χ3n) is 2.53. The van der Waals surface area contributed by atoms with Crippen molar-refractivity contribution < 1.29 is 73.5 Å². The van der Waals surface area contributed by atoms with Crippen molar-refractivity contribution in [2.75, 3.05) is 0 Å². The zero-order valence-electron chi connectivity index (χ0n) is 10.8. The van der Waals surface area contributed by atoms with Crippen LogP contribution in [0.3, 0.4) is 0 Å². The molecule has 0 fully saturated rings. The predicted octanol–water partition coefficient (Wildman–Crippen LogP) is 0.463. The first kappa shape index (κ1) is 17.7. The number of halogens is 4. The van der Waals surface area contributed by atoms with Gasteiger partial charge < -0.3 is 17.7 Å². The van der Waals surface area contributed by atoms with E-state index in [1.807, 2.05) is 0 Å². The van der Waals surface area contributed by atoms with Gasteiger partial charge in [0.15, 0.2) is 0 Å². The summed E-state index contributed by atoms with van der Waals surface area (Å²) < 4.78 is 55.8. The minimum Gasteiger partial charge on any atom is -0.489 e. The maximum Gasteiger partial charge on any atom is 1.00 e. The molecule has 0 unspecified atom stereocenters. The van der Waals surface area contributed by atoms with Crippen molar-refractivity contribution in [3.8, 4) is 5.75 Å². The summed E-state index contributed by atoms with van der Waals surface area (Å²) in [4.78, 5) is 0. The number of hydrogen-bond acceptors (Lipinski definition) is 1. The zero-order chi connectivity index (χ0) is 13.9. The van der Waals surface area contributed by atoms with E-state index in [0.717, 1.165) is 12.1 Å². The largest absolute Gasteiger partial charge is 1.00 e. The number of benzene rings is 2. The summed E-state index contributed by atoms with van der Waals surface area (Å²) >= 11 is 0. The molecule has 2 aromatic carbocycles. The van der Waals surface area contributed by atoms with Crippen LogP contribution < -0.4 is 61.6 Å². The van der Waals surface area contributed by atoms with E-state index in [1.54, 1.807) is 6.07 Å². The van der Waals surface area contributed by atoms with Gasteiger partial charge in [-0.05, 0) is 29.8 Å². The number of rotatable bonds is 4. The Bertz CT molecular complexity index is 574. The molecule has 0 amide bonds. The van der Waals surface area contributed by atoms with Crippen LogP contribution in [0.15, 0.2) is 48.5 Å². The molecule has 0 atom stereocenters. The Labute approximate surface area is 156 Å². The molecule has 0 aliphatic heterocycles. The molecular formula is C13H10BF4KO. The second-order valence-electron chi connectivity index (χ2n) is 4.07. The second kappa shape index (κ2) is 7.61. The summed E-state index contributed by atoms with van der Waals surface area (Å²) in [5.41, 5.74) is -0.153. The minimum absolute atomic E-state index is 0. The smallest absolute Gasteiger partial charge is 0.489 e. The van der Waals surface area contributed by atoms with E-state index in [2.05, 4.69) is 0 Å². The predicted molar refractivity (Wildman–Crippen MR) is 65.9 cm³/mol. The van der Waals surface area contributed by atoms with Crippen LogP contribution in [-0.4, -0.2) is 6.98 Å². The standard InChI is InChI=1S/C13H10BF4O.K/c15-12-5-1-3-10(7-12)9-19-13-6-2-4-11(8-13)14(16,17)18;/h1-8H,9H2;/q-1;+1. The molecule has 2 rings (SSSR count). The summed E-state index contributed by atoms with van der Waals surface area (Å²) in [6.07, 6.45) is 0. The Morgan fingerprint density at radius 3 is 2.30 bits per heavy atom. The van der Waals surface area contributed by atoms with Crippen LogP contribution in [0.1, 0.15) is 5.56 Å². The molecule has 1 nitrogen and oxygen atoms in total. The van der Waals surface area contributed by atoms with Crippen LogP contribution in [0.5, 0.6) is 5.75 Å². The third-order valence-corrected chi connectivity index (χ3v) is 2.53. The van der Waals surface area contributed by atoms with Crippen LogP contribution >= 0.6 is 0 Å². The van der Waals surface area contributed by atoms with Crippen molar-refractivity contribution in [1.29, 1.82) is 0 Å². The summed E-state index contributed by atoms with van der Waals surface area (Å²) in [5, 5.41) is 0. The SMILES string of the molecule is Fc1cccc(COc2cccc([B-](F)(F)F)c2)c1.[K+]. The fourth-order valence-corrected chi connectivity index (χ4v) is 1.60. The Balaban J connectivity index is 0.00000200. The van der Waals surface area contributed by atoms with Crippen molar-refractivity contribution in [1.82, 2.24) is 0 Å². The molecule has 0 spiro atoms. The summed E-state index contributed by atoms with van der Waals surface area (Å²) in [6, 6.07) is 10.4. The maximum atomic E-state index is 12.9. The van der Waals surface area contributed by atoms with Gasteiger partial charge in [0.1, 0.15) is 18.2 Å². The number of hydrogen-bond donors (Lipinski definition) is 0. The van der Waals surface area contributed by atoms with Crippen LogP contribution in [0.4, 0.5) is 17.3 Å². The van der Waals surface area contributed by atoms with Crippen LogP contribution in [0.25, 0.3) is 0 Å². The van der Waals surface area contributed by atoms with Crippen LogP contribution in [0, 0.1) is 5.82 Å². The fraction of sp³-hybridized carbons (Fsp3) is 0.0769. The maximum absolute atomic E-state index is 12.9. The van der Waals surface area contributed by atoms with Gasteiger partial charge in [-0.15, -0.1) is 5.46 Å². The molecule has 0 bridgehead atoms. The van der Waals surface area contributed by atoms with Gasteiger partial charge in [-0.1, -0.05) is 24.3 Å². The molecule has 0 aliphatic rings. The van der Waals surface area contributed by atoms with Crippen molar-refractivity contribution in [3.05, 3.63) is 59.9 Å². The molecule has 0 aromatic heterocycles. The Kier molecular flexibility index (Phi) is 6.74. The minimum atomic E-state index is -5.04. The average Bonchev–Trinajstić information content (AvgIpc) is 2.36. The Morgan fingerprint density at radius 2 is 1.65 bits per heavy atom. The van der Waals surface area contributed by atoms with E-state index in [1.165, 1.54) is 30.3 Å². The van der Waals surface area contributed by atoms with Gasteiger partial charge in [0.2, 0.25) is 0 Å². The van der Waals surface area contributed by atoms with E-state index >= 15 is 0 Å². The summed E-state index contributed by atoms with van der Waals surface area (Å²) in [6.45, 7) is -5.02. The molecule has 0 radical (unpaired) electrons. The molecule has 0 saturated heterocycles. The van der Waals surface area contributed by atoms with Gasteiger partial charge in [0.05, 0.1) is 0 Å². The van der Waals surface area contributed by atoms with Gasteiger partial charge in [0.25, 0.3) is 0 Å². The molecular weight excluding hydrogens is 298 g/mol. The zero-order valence-corrected chi connectivity index (χ0v) is 13.9. The van der Waals surface area contributed by atoms with Gasteiger partial charge in [-0.3, -0.25) is 0 Å². The van der Waals surface area contributed by atoms with E-state index in [-0.39, 0.29) is 63.7 Å². The van der Waals surface area contributed by atoms with E-state index in [0.29, 0.717) is 5.56 Å². The quantitative estimate of drug-likeness (QED) is 0.589. The molecule has 100 valence electrons. The first-order chi connectivity index (χ1) is 8.95. The van der Waals surface area contributed by atoms with Gasteiger partial charge in [0, 0.05) is 0 Å². The van der Waals surface area contributed by atoms with Crippen LogP contribution in [-0.2, 0) is 6.61 Å².